The highest BCUT2D eigenvalue weighted by Crippen LogP contribution is 2.26. The van der Waals surface area contributed by atoms with E-state index < -0.39 is 6.10 Å². The first kappa shape index (κ1) is 32.3. The number of Topliss-reactive ketones (excluding diaryl/α,β-unsaturated/α-hetero) is 1. The summed E-state index contributed by atoms with van der Waals surface area (Å²) in [6.45, 7) is 3.58. The van der Waals surface area contributed by atoms with E-state index in [4.69, 9.17) is 13.9 Å². The molecule has 1 amide bonds. The Balaban J connectivity index is 0.00000400. The summed E-state index contributed by atoms with van der Waals surface area (Å²) < 4.78 is 16.2. The van der Waals surface area contributed by atoms with Crippen LogP contribution in [0.1, 0.15) is 61.6 Å². The van der Waals surface area contributed by atoms with Crippen LogP contribution < -0.4 is 9.47 Å². The number of ether oxygens (including phenoxy) is 2. The molecule has 1 aromatic heterocycles. The predicted octanol–water partition coefficient (Wildman–Crippen LogP) is 4.96. The lowest BCUT2D eigenvalue weighted by molar-refractivity contribution is 0.0734. The second kappa shape index (κ2) is 14.8. The molecule has 3 aromatic carbocycles. The summed E-state index contributed by atoms with van der Waals surface area (Å²) in [5, 5.41) is 10.8. The number of β-amino-alcohol motifs (C(OH)–C–C–N with tert-alkyl or cyclic N) is 1. The first-order valence-corrected chi connectivity index (χ1v) is 15.1. The molecule has 0 unspecified atom stereocenters. The number of amides is 1. The minimum absolute atomic E-state index is 0. The topological polar surface area (TPSA) is 105 Å². The summed E-state index contributed by atoms with van der Waals surface area (Å²) in [5.41, 5.74) is 5.94. The Labute approximate surface area is 270 Å². The Morgan fingerprint density at radius 1 is 0.911 bits per heavy atom. The molecule has 0 spiro atoms. The molecular weight excluding hydrogens is 590 g/mol. The largest absolute Gasteiger partial charge is 0.497 e. The number of carbonyl (C=O) groups excluding carboxylic acids is 2. The van der Waals surface area contributed by atoms with Gasteiger partial charge in [-0.25, -0.2) is 4.98 Å². The number of hydrogen-bond donors (Lipinski definition) is 1. The fourth-order valence-corrected chi connectivity index (χ4v) is 5.95. The van der Waals surface area contributed by atoms with Crippen LogP contribution in [0.25, 0.3) is 0 Å². The van der Waals surface area contributed by atoms with Gasteiger partial charge in [-0.15, -0.1) is 0 Å². The number of benzene rings is 3. The number of methoxy groups -OCH3 is 1. The lowest BCUT2D eigenvalue weighted by Gasteiger charge is -2.30. The van der Waals surface area contributed by atoms with Crippen molar-refractivity contribution in [2.75, 3.05) is 26.7 Å². The van der Waals surface area contributed by atoms with E-state index in [1.165, 1.54) is 17.5 Å². The van der Waals surface area contributed by atoms with Crippen molar-refractivity contribution in [1.29, 1.82) is 0 Å². The molecule has 2 aliphatic heterocycles. The summed E-state index contributed by atoms with van der Waals surface area (Å²) in [5.74, 6) is 2.22. The number of hydrogen-bond acceptors (Lipinski definition) is 8. The van der Waals surface area contributed by atoms with Crippen molar-refractivity contribution in [1.82, 2.24) is 14.8 Å². The maximum atomic E-state index is 13.0. The molecule has 1 atom stereocenters. The van der Waals surface area contributed by atoms with Gasteiger partial charge in [0, 0.05) is 50.3 Å². The van der Waals surface area contributed by atoms with Gasteiger partial charge in [0.15, 0.2) is 17.9 Å². The summed E-state index contributed by atoms with van der Waals surface area (Å²) in [4.78, 5) is 34.0. The van der Waals surface area contributed by atoms with Gasteiger partial charge in [0.05, 0.1) is 19.4 Å². The molecule has 0 radical (unpaired) electrons. The molecule has 0 saturated carbocycles. The standard InChI is InChI=1S/C35H37N3O6.H2S/c1-42-31-8-4-24(5-9-31)35(41)38-15-13-25-16-27(2-3-29(25)20-38)34(40)11-7-30(39)21-37-14-12-26-17-32(10-6-28(26)19-37)43-22-33-18-36-23-44-33;/h2-6,8-10,16-18,23,30,39H,7,11-15,19-22H2,1H3;1H2/t30-;/m0./s1. The Kier molecular flexibility index (Phi) is 10.6. The summed E-state index contributed by atoms with van der Waals surface area (Å²) in [6.07, 6.45) is 4.73. The van der Waals surface area contributed by atoms with Gasteiger partial charge >= 0.3 is 0 Å². The second-order valence-corrected chi connectivity index (χ2v) is 11.5. The van der Waals surface area contributed by atoms with Crippen molar-refractivity contribution in [3.63, 3.8) is 0 Å². The van der Waals surface area contributed by atoms with Crippen LogP contribution in [0, 0.1) is 0 Å². The van der Waals surface area contributed by atoms with Crippen molar-refractivity contribution in [3.8, 4) is 11.5 Å². The average Bonchev–Trinajstić information content (AvgIpc) is 3.59. The van der Waals surface area contributed by atoms with Crippen LogP contribution in [0.3, 0.4) is 0 Å². The maximum Gasteiger partial charge on any atom is 0.254 e. The van der Waals surface area contributed by atoms with Crippen molar-refractivity contribution in [3.05, 3.63) is 112 Å². The highest BCUT2D eigenvalue weighted by molar-refractivity contribution is 7.59. The fourth-order valence-electron chi connectivity index (χ4n) is 5.95. The lowest BCUT2D eigenvalue weighted by atomic mass is 9.94. The van der Waals surface area contributed by atoms with E-state index in [1.807, 2.05) is 29.2 Å². The van der Waals surface area contributed by atoms with Gasteiger partial charge in [-0.2, -0.15) is 13.5 Å². The first-order valence-electron chi connectivity index (χ1n) is 15.1. The van der Waals surface area contributed by atoms with Crippen molar-refractivity contribution in [2.45, 2.75) is 51.5 Å². The molecule has 6 rings (SSSR count). The minimum Gasteiger partial charge on any atom is -0.497 e. The number of aromatic nitrogens is 1. The summed E-state index contributed by atoms with van der Waals surface area (Å²) >= 11 is 0. The van der Waals surface area contributed by atoms with Crippen molar-refractivity contribution < 1.29 is 28.6 Å². The molecule has 0 aliphatic carbocycles. The number of rotatable bonds is 11. The third-order valence-electron chi connectivity index (χ3n) is 8.47. The van der Waals surface area contributed by atoms with Crippen LogP contribution >= 0.6 is 13.5 Å². The zero-order valence-electron chi connectivity index (χ0n) is 25.4. The lowest BCUT2D eigenvalue weighted by Crippen LogP contribution is -2.36. The number of carbonyl (C=O) groups is 2. The molecule has 2 aliphatic rings. The molecule has 1 N–H and O–H groups in total. The Hall–Kier alpha value is -4.12. The van der Waals surface area contributed by atoms with Crippen molar-refractivity contribution in [2.24, 2.45) is 0 Å². The zero-order chi connectivity index (χ0) is 30.5. The molecule has 4 aromatic rings. The quantitative estimate of drug-likeness (QED) is 0.232. The fraction of sp³-hybridized carbons (Fsp3) is 0.343. The van der Waals surface area contributed by atoms with Gasteiger partial charge in [-0.1, -0.05) is 18.2 Å². The normalized spacial score (nSPS) is 14.9. The summed E-state index contributed by atoms with van der Waals surface area (Å²) in [7, 11) is 1.60. The van der Waals surface area contributed by atoms with Gasteiger partial charge < -0.3 is 23.9 Å². The van der Waals surface area contributed by atoms with Crippen LogP contribution in [0.15, 0.2) is 77.7 Å². The van der Waals surface area contributed by atoms with Gasteiger partial charge in [0.1, 0.15) is 18.1 Å². The number of fused-ring (bicyclic) bond motifs is 2. The monoisotopic (exact) mass is 629 g/mol. The molecule has 10 heteroatoms. The third-order valence-corrected chi connectivity index (χ3v) is 8.47. The van der Waals surface area contributed by atoms with Crippen LogP contribution in [-0.4, -0.2) is 64.4 Å². The van der Waals surface area contributed by atoms with Crippen LogP contribution in [0.5, 0.6) is 11.5 Å². The zero-order valence-corrected chi connectivity index (χ0v) is 26.4. The van der Waals surface area contributed by atoms with E-state index in [0.29, 0.717) is 68.1 Å². The Bertz CT molecular complexity index is 1610. The number of oxazole rings is 1. The van der Waals surface area contributed by atoms with E-state index in [1.54, 1.807) is 37.6 Å². The predicted molar refractivity (Wildman–Crippen MR) is 174 cm³/mol. The van der Waals surface area contributed by atoms with Crippen LogP contribution in [0.2, 0.25) is 0 Å². The number of nitrogens with zero attached hydrogens (tertiary/aromatic N) is 3. The Morgan fingerprint density at radius 3 is 2.40 bits per heavy atom. The van der Waals surface area contributed by atoms with E-state index in [-0.39, 0.29) is 25.2 Å². The van der Waals surface area contributed by atoms with Crippen molar-refractivity contribution >= 4 is 25.2 Å². The van der Waals surface area contributed by atoms with E-state index in [9.17, 15) is 14.7 Å². The molecule has 9 nitrogen and oxygen atoms in total. The smallest absolute Gasteiger partial charge is 0.254 e. The minimum atomic E-state index is -0.583. The van der Waals surface area contributed by atoms with Gasteiger partial charge in [-0.3, -0.25) is 14.5 Å². The molecule has 45 heavy (non-hydrogen) atoms. The van der Waals surface area contributed by atoms with Gasteiger partial charge in [-0.05, 0) is 84.0 Å². The van der Waals surface area contributed by atoms with Gasteiger partial charge in [0.2, 0.25) is 0 Å². The maximum absolute atomic E-state index is 13.0. The van der Waals surface area contributed by atoms with Gasteiger partial charge in [0.25, 0.3) is 5.91 Å². The summed E-state index contributed by atoms with van der Waals surface area (Å²) in [6, 6.07) is 19.0. The highest BCUT2D eigenvalue weighted by atomic mass is 32.1. The first-order chi connectivity index (χ1) is 21.4. The van der Waals surface area contributed by atoms with Crippen LogP contribution in [0.4, 0.5) is 0 Å². The SMILES string of the molecule is COc1ccc(C(=O)N2CCc3cc(C(=O)CC[C@H](O)CN4CCc5cc(OCc6cnco6)ccc5C4)ccc3C2)cc1.S. The van der Waals surface area contributed by atoms with Crippen LogP contribution in [-0.2, 0) is 32.5 Å². The number of aliphatic hydroxyl groups excluding tert-OH is 1. The Morgan fingerprint density at radius 2 is 1.62 bits per heavy atom. The number of aliphatic hydroxyl groups is 1. The molecule has 3 heterocycles. The molecule has 236 valence electrons. The van der Waals surface area contributed by atoms with E-state index in [2.05, 4.69) is 22.0 Å². The molecule has 0 saturated heterocycles. The molecular formula is C35H39N3O6S. The third kappa shape index (κ3) is 7.94. The molecule has 0 fully saturated rings. The molecule has 0 bridgehead atoms. The second-order valence-electron chi connectivity index (χ2n) is 11.5. The van der Waals surface area contributed by atoms with E-state index in [0.717, 1.165) is 36.4 Å². The number of ketones is 1. The van der Waals surface area contributed by atoms with E-state index >= 15 is 0 Å². The average molecular weight is 630 g/mol. The highest BCUT2D eigenvalue weighted by Gasteiger charge is 2.24.